The van der Waals surface area contributed by atoms with Gasteiger partial charge in [-0.05, 0) is 0 Å². The maximum Gasteiger partial charge on any atom is 0.231 e. The Kier molecular flexibility index (Phi) is 3.08. The highest BCUT2D eigenvalue weighted by Gasteiger charge is 2.27. The summed E-state index contributed by atoms with van der Waals surface area (Å²) in [6, 6.07) is 13.2. The molecule has 0 aliphatic carbocycles. The average molecular weight is 311 g/mol. The van der Waals surface area contributed by atoms with Gasteiger partial charge in [0.05, 0.1) is 10.7 Å². The molecule has 0 saturated heterocycles. The van der Waals surface area contributed by atoms with Gasteiger partial charge >= 0.3 is 0 Å². The van der Waals surface area contributed by atoms with Crippen molar-refractivity contribution in [1.82, 2.24) is 0 Å². The van der Waals surface area contributed by atoms with Crippen molar-refractivity contribution in [3.05, 3.63) is 59.1 Å². The quantitative estimate of drug-likeness (QED) is 0.625. The van der Waals surface area contributed by atoms with E-state index in [0.717, 1.165) is 27.1 Å². The molecule has 0 N–H and O–H groups in total. The number of hydrogen-bond donors (Lipinski definition) is 0. The van der Waals surface area contributed by atoms with Gasteiger partial charge in [-0.15, -0.1) is 0 Å². The minimum absolute atomic E-state index is 0.00259. The van der Waals surface area contributed by atoms with Crippen LogP contribution >= 0.6 is 11.8 Å². The number of benzene rings is 2. The molecule has 0 unspecified atom stereocenters. The molecule has 4 rings (SSSR count). The van der Waals surface area contributed by atoms with Crippen molar-refractivity contribution in [3.63, 3.8) is 0 Å². The predicted molar refractivity (Wildman–Crippen MR) is 85.7 cm³/mol. The first kappa shape index (κ1) is 13.3. The number of ether oxygens (including phenoxy) is 2. The molecule has 22 heavy (non-hydrogen) atoms. The van der Waals surface area contributed by atoms with E-state index in [0.29, 0.717) is 5.56 Å². The number of carbonyl (C=O) groups excluding carboxylic acids is 1. The van der Waals surface area contributed by atoms with Gasteiger partial charge in [-0.1, -0.05) is 42.1 Å². The first-order valence-electron chi connectivity index (χ1n) is 6.89. The maximum absolute atomic E-state index is 12.3. The molecule has 2 aromatic rings. The summed E-state index contributed by atoms with van der Waals surface area (Å²) in [4.78, 5) is 15.4. The van der Waals surface area contributed by atoms with Crippen molar-refractivity contribution in [2.75, 3.05) is 18.7 Å². The molecule has 0 atom stereocenters. The standard InChI is InChI=1S/C17H13NO3S/c1-18-12-7-14-15(21-10-20-14)9-16(12)22-17(18)8-13(19)11-5-3-2-4-6-11/h2-9H,10H2,1H3/b17-8+. The molecule has 0 saturated carbocycles. The van der Waals surface area contributed by atoms with Crippen molar-refractivity contribution in [1.29, 1.82) is 0 Å². The third kappa shape index (κ3) is 2.14. The molecule has 0 bridgehead atoms. The fourth-order valence-electron chi connectivity index (χ4n) is 2.48. The van der Waals surface area contributed by atoms with E-state index < -0.39 is 0 Å². The summed E-state index contributed by atoms with van der Waals surface area (Å²) in [6.45, 7) is 0.266. The molecule has 5 heteroatoms. The molecular formula is C17H13NO3S. The van der Waals surface area contributed by atoms with Crippen molar-refractivity contribution < 1.29 is 14.3 Å². The number of nitrogens with zero attached hydrogens (tertiary/aromatic N) is 1. The molecule has 0 spiro atoms. The van der Waals surface area contributed by atoms with Gasteiger partial charge in [-0.25, -0.2) is 0 Å². The van der Waals surface area contributed by atoms with Crippen molar-refractivity contribution in [3.8, 4) is 11.5 Å². The second kappa shape index (κ2) is 5.10. The zero-order valence-electron chi connectivity index (χ0n) is 11.9. The second-order valence-electron chi connectivity index (χ2n) is 5.05. The van der Waals surface area contributed by atoms with Crippen LogP contribution in [0.3, 0.4) is 0 Å². The lowest BCUT2D eigenvalue weighted by Gasteiger charge is -2.13. The SMILES string of the molecule is CN1/C(=C\C(=O)c2ccccc2)Sc2cc3c(cc21)OCO3. The Labute approximate surface area is 132 Å². The van der Waals surface area contributed by atoms with Crippen LogP contribution in [0.4, 0.5) is 5.69 Å². The van der Waals surface area contributed by atoms with Gasteiger partial charge in [0.25, 0.3) is 0 Å². The van der Waals surface area contributed by atoms with Crippen LogP contribution in [0.25, 0.3) is 0 Å². The maximum atomic E-state index is 12.3. The highest BCUT2D eigenvalue weighted by atomic mass is 32.2. The Morgan fingerprint density at radius 3 is 2.68 bits per heavy atom. The van der Waals surface area contributed by atoms with Crippen LogP contribution in [0.15, 0.2) is 58.5 Å². The predicted octanol–water partition coefficient (Wildman–Crippen LogP) is 3.68. The normalized spacial score (nSPS) is 17.0. The van der Waals surface area contributed by atoms with Gasteiger partial charge < -0.3 is 14.4 Å². The molecule has 0 aromatic heterocycles. The van der Waals surface area contributed by atoms with E-state index in [1.807, 2.05) is 54.4 Å². The number of hydrogen-bond acceptors (Lipinski definition) is 5. The molecule has 2 aliphatic rings. The summed E-state index contributed by atoms with van der Waals surface area (Å²) in [7, 11) is 1.95. The number of ketones is 1. The summed E-state index contributed by atoms with van der Waals surface area (Å²) >= 11 is 1.56. The molecule has 0 radical (unpaired) electrons. The van der Waals surface area contributed by atoms with Crippen LogP contribution in [0.1, 0.15) is 10.4 Å². The van der Waals surface area contributed by atoms with Gasteiger partial charge in [0.15, 0.2) is 17.3 Å². The van der Waals surface area contributed by atoms with E-state index in [1.54, 1.807) is 17.8 Å². The van der Waals surface area contributed by atoms with Crippen LogP contribution in [0.2, 0.25) is 0 Å². The summed E-state index contributed by atoms with van der Waals surface area (Å²) in [5.74, 6) is 1.51. The van der Waals surface area contributed by atoms with E-state index in [2.05, 4.69) is 0 Å². The molecule has 2 aliphatic heterocycles. The number of thioether (sulfide) groups is 1. The van der Waals surface area contributed by atoms with E-state index in [-0.39, 0.29) is 12.6 Å². The number of carbonyl (C=O) groups is 1. The summed E-state index contributed by atoms with van der Waals surface area (Å²) in [5, 5.41) is 0.896. The number of anilines is 1. The van der Waals surface area contributed by atoms with Crippen LogP contribution < -0.4 is 14.4 Å². The molecule has 0 fully saturated rings. The zero-order chi connectivity index (χ0) is 15.1. The fraction of sp³-hybridized carbons (Fsp3) is 0.118. The Morgan fingerprint density at radius 1 is 1.18 bits per heavy atom. The fourth-order valence-corrected chi connectivity index (χ4v) is 3.57. The molecule has 2 heterocycles. The summed E-state index contributed by atoms with van der Waals surface area (Å²) in [6.07, 6.45) is 1.67. The second-order valence-corrected chi connectivity index (χ2v) is 6.11. The van der Waals surface area contributed by atoms with E-state index >= 15 is 0 Å². The average Bonchev–Trinajstić information content (AvgIpc) is 3.11. The van der Waals surface area contributed by atoms with Crippen LogP contribution in [-0.2, 0) is 0 Å². The first-order valence-corrected chi connectivity index (χ1v) is 7.70. The topological polar surface area (TPSA) is 38.8 Å². The van der Waals surface area contributed by atoms with E-state index in [4.69, 9.17) is 9.47 Å². The monoisotopic (exact) mass is 311 g/mol. The van der Waals surface area contributed by atoms with Crippen molar-refractivity contribution in [2.45, 2.75) is 4.90 Å². The Hall–Kier alpha value is -2.40. The third-order valence-corrected chi connectivity index (χ3v) is 4.82. The summed E-state index contributed by atoms with van der Waals surface area (Å²) in [5.41, 5.74) is 1.72. The zero-order valence-corrected chi connectivity index (χ0v) is 12.7. The molecule has 4 nitrogen and oxygen atoms in total. The number of allylic oxidation sites excluding steroid dienone is 1. The smallest absolute Gasteiger partial charge is 0.231 e. The molecular weight excluding hydrogens is 298 g/mol. The third-order valence-electron chi connectivity index (χ3n) is 3.67. The number of fused-ring (bicyclic) bond motifs is 2. The van der Waals surface area contributed by atoms with E-state index in [9.17, 15) is 4.79 Å². The minimum Gasteiger partial charge on any atom is -0.454 e. The minimum atomic E-state index is 0.00259. The van der Waals surface area contributed by atoms with Gasteiger partial charge in [0, 0.05) is 35.7 Å². The molecule has 0 amide bonds. The molecule has 2 aromatic carbocycles. The Morgan fingerprint density at radius 2 is 1.91 bits per heavy atom. The van der Waals surface area contributed by atoms with Crippen molar-refractivity contribution in [2.24, 2.45) is 0 Å². The lowest BCUT2D eigenvalue weighted by molar-refractivity contribution is 0.104. The Balaban J connectivity index is 1.66. The highest BCUT2D eigenvalue weighted by Crippen LogP contribution is 2.50. The van der Waals surface area contributed by atoms with Gasteiger partial charge in [0.2, 0.25) is 6.79 Å². The Bertz CT molecular complexity index is 786. The molecule has 110 valence electrons. The van der Waals surface area contributed by atoms with Gasteiger partial charge in [-0.3, -0.25) is 4.79 Å². The van der Waals surface area contributed by atoms with Gasteiger partial charge in [-0.2, -0.15) is 0 Å². The van der Waals surface area contributed by atoms with Gasteiger partial charge in [0.1, 0.15) is 0 Å². The lowest BCUT2D eigenvalue weighted by atomic mass is 10.1. The van der Waals surface area contributed by atoms with Crippen molar-refractivity contribution >= 4 is 23.2 Å². The lowest BCUT2D eigenvalue weighted by Crippen LogP contribution is -2.11. The highest BCUT2D eigenvalue weighted by molar-refractivity contribution is 8.03. The largest absolute Gasteiger partial charge is 0.454 e. The summed E-state index contributed by atoms with van der Waals surface area (Å²) < 4.78 is 10.8. The van der Waals surface area contributed by atoms with Crippen LogP contribution in [0, 0.1) is 0 Å². The van der Waals surface area contributed by atoms with Crippen LogP contribution in [-0.4, -0.2) is 19.6 Å². The van der Waals surface area contributed by atoms with E-state index in [1.165, 1.54) is 0 Å². The first-order chi connectivity index (χ1) is 10.7. The van der Waals surface area contributed by atoms with Crippen LogP contribution in [0.5, 0.6) is 11.5 Å². The number of rotatable bonds is 2.